The summed E-state index contributed by atoms with van der Waals surface area (Å²) in [6.45, 7) is 10.3. The minimum atomic E-state index is -0.165. The summed E-state index contributed by atoms with van der Waals surface area (Å²) in [5.74, 6) is 0.514. The Morgan fingerprint density at radius 3 is 2.73 bits per heavy atom. The molecule has 124 valence electrons. The van der Waals surface area contributed by atoms with Crippen LogP contribution < -0.4 is 0 Å². The maximum absolute atomic E-state index is 10.3. The third kappa shape index (κ3) is 2.96. The molecular weight excluding hydrogens is 296 g/mol. The van der Waals surface area contributed by atoms with Crippen molar-refractivity contribution in [3.8, 4) is 0 Å². The number of aliphatic hydroxyl groups is 1. The van der Waals surface area contributed by atoms with Gasteiger partial charge in [-0.2, -0.15) is 0 Å². The van der Waals surface area contributed by atoms with Gasteiger partial charge >= 0.3 is 0 Å². The molecule has 1 aromatic rings. The summed E-state index contributed by atoms with van der Waals surface area (Å²) in [5.41, 5.74) is 0.0311. The van der Waals surface area contributed by atoms with E-state index in [0.717, 1.165) is 45.5 Å². The number of aliphatic hydroxyl groups excluding tert-OH is 1. The number of piperidine rings is 1. The lowest BCUT2D eigenvalue weighted by Crippen LogP contribution is -2.62. The number of thiazole rings is 1. The second-order valence-electron chi connectivity index (χ2n) is 7.02. The van der Waals surface area contributed by atoms with Gasteiger partial charge in [0.25, 0.3) is 0 Å². The van der Waals surface area contributed by atoms with Gasteiger partial charge in [0, 0.05) is 42.0 Å². The molecule has 0 amide bonds. The first-order valence-corrected chi connectivity index (χ1v) is 9.33. The van der Waals surface area contributed by atoms with Crippen LogP contribution in [-0.4, -0.2) is 46.9 Å². The van der Waals surface area contributed by atoms with Crippen molar-refractivity contribution in [3.63, 3.8) is 0 Å². The second kappa shape index (κ2) is 6.56. The first kappa shape index (κ1) is 16.4. The van der Waals surface area contributed by atoms with Gasteiger partial charge in [-0.25, -0.2) is 4.98 Å². The summed E-state index contributed by atoms with van der Waals surface area (Å²) in [6, 6.07) is 0. The molecule has 1 saturated heterocycles. The molecule has 0 bridgehead atoms. The van der Waals surface area contributed by atoms with Crippen LogP contribution in [0, 0.1) is 5.41 Å². The Balaban J connectivity index is 1.55. The van der Waals surface area contributed by atoms with E-state index in [4.69, 9.17) is 4.74 Å². The number of rotatable bonds is 5. The van der Waals surface area contributed by atoms with Gasteiger partial charge in [-0.05, 0) is 32.9 Å². The topological polar surface area (TPSA) is 45.6 Å². The van der Waals surface area contributed by atoms with Crippen molar-refractivity contribution < 1.29 is 9.84 Å². The van der Waals surface area contributed by atoms with Gasteiger partial charge in [0.15, 0.2) is 0 Å². The van der Waals surface area contributed by atoms with Gasteiger partial charge in [-0.3, -0.25) is 4.90 Å². The maximum atomic E-state index is 10.3. The fraction of sp³-hybridized carbons (Fsp3) is 0.824. The Kier molecular flexibility index (Phi) is 4.88. The number of likely N-dealkylation sites (tertiary alicyclic amines) is 1. The van der Waals surface area contributed by atoms with Gasteiger partial charge < -0.3 is 9.84 Å². The van der Waals surface area contributed by atoms with Crippen molar-refractivity contribution in [2.24, 2.45) is 5.41 Å². The number of ether oxygens (including phenoxy) is 1. The summed E-state index contributed by atoms with van der Waals surface area (Å²) < 4.78 is 5.84. The molecule has 0 radical (unpaired) electrons. The lowest BCUT2D eigenvalue weighted by Gasteiger charge is -2.56. The monoisotopic (exact) mass is 324 g/mol. The van der Waals surface area contributed by atoms with Crippen molar-refractivity contribution in [2.75, 3.05) is 19.7 Å². The molecule has 1 N–H and O–H groups in total. The fourth-order valence-electron chi connectivity index (χ4n) is 3.83. The Hall–Kier alpha value is -0.490. The van der Waals surface area contributed by atoms with Crippen molar-refractivity contribution in [3.05, 3.63) is 16.1 Å². The summed E-state index contributed by atoms with van der Waals surface area (Å²) in [7, 11) is 0. The van der Waals surface area contributed by atoms with Crippen LogP contribution in [0.2, 0.25) is 0 Å². The highest BCUT2D eigenvalue weighted by Crippen LogP contribution is 2.51. The number of hydrogen-bond acceptors (Lipinski definition) is 5. The predicted molar refractivity (Wildman–Crippen MR) is 89.2 cm³/mol. The van der Waals surface area contributed by atoms with Crippen LogP contribution in [0.25, 0.3) is 0 Å². The van der Waals surface area contributed by atoms with E-state index in [1.165, 1.54) is 9.88 Å². The maximum Gasteiger partial charge on any atom is 0.0953 e. The molecular formula is C17H28N2O2S. The summed E-state index contributed by atoms with van der Waals surface area (Å²) in [4.78, 5) is 8.37. The molecule has 4 nitrogen and oxygen atoms in total. The lowest BCUT2D eigenvalue weighted by atomic mass is 9.58. The van der Waals surface area contributed by atoms with Crippen molar-refractivity contribution in [1.29, 1.82) is 0 Å². The standard InChI is InChI=1S/C17H28N2O2S/c1-4-21-15-9-14(20)17(15)5-7-19(8-6-17)11-13-10-18-16(22-13)12(2)3/h10,12,14-15,20H,4-9,11H2,1-3H3. The highest BCUT2D eigenvalue weighted by Gasteiger charge is 2.55. The van der Waals surface area contributed by atoms with Crippen LogP contribution in [-0.2, 0) is 11.3 Å². The molecule has 0 aromatic carbocycles. The minimum Gasteiger partial charge on any atom is -0.392 e. The third-order valence-corrected chi connectivity index (χ3v) is 6.62. The zero-order valence-corrected chi connectivity index (χ0v) is 14.7. The number of aromatic nitrogens is 1. The molecule has 2 unspecified atom stereocenters. The Labute approximate surface area is 137 Å². The average molecular weight is 324 g/mol. The normalized spacial score (nSPS) is 28.2. The smallest absolute Gasteiger partial charge is 0.0953 e. The number of nitrogens with zero attached hydrogens (tertiary/aromatic N) is 2. The highest BCUT2D eigenvalue weighted by molar-refractivity contribution is 7.11. The Bertz CT molecular complexity index is 493. The van der Waals surface area contributed by atoms with Gasteiger partial charge in [-0.15, -0.1) is 11.3 Å². The van der Waals surface area contributed by atoms with Crippen LogP contribution >= 0.6 is 11.3 Å². The first-order chi connectivity index (χ1) is 10.5. The van der Waals surface area contributed by atoms with E-state index in [2.05, 4.69) is 23.7 Å². The molecule has 1 saturated carbocycles. The van der Waals surface area contributed by atoms with Crippen molar-refractivity contribution in [1.82, 2.24) is 9.88 Å². The summed E-state index contributed by atoms with van der Waals surface area (Å²) in [6.07, 6.45) is 5.06. The van der Waals surface area contributed by atoms with E-state index in [1.807, 2.05) is 24.5 Å². The van der Waals surface area contributed by atoms with Gasteiger partial charge in [0.1, 0.15) is 0 Å². The third-order valence-electron chi connectivity index (χ3n) is 5.34. The largest absolute Gasteiger partial charge is 0.392 e. The van der Waals surface area contributed by atoms with E-state index in [-0.39, 0.29) is 17.6 Å². The molecule has 3 rings (SSSR count). The Morgan fingerprint density at radius 1 is 1.45 bits per heavy atom. The molecule has 1 aromatic heterocycles. The Morgan fingerprint density at radius 2 is 2.18 bits per heavy atom. The lowest BCUT2D eigenvalue weighted by molar-refractivity contribution is -0.209. The van der Waals surface area contributed by atoms with E-state index in [0.29, 0.717) is 5.92 Å². The summed E-state index contributed by atoms with van der Waals surface area (Å²) >= 11 is 1.84. The fourth-order valence-corrected chi connectivity index (χ4v) is 4.79. The van der Waals surface area contributed by atoms with Gasteiger partial charge in [-0.1, -0.05) is 13.8 Å². The van der Waals surface area contributed by atoms with Crippen LogP contribution in [0.1, 0.15) is 55.8 Å². The van der Waals surface area contributed by atoms with Crippen molar-refractivity contribution >= 4 is 11.3 Å². The van der Waals surface area contributed by atoms with Gasteiger partial charge in [0.2, 0.25) is 0 Å². The van der Waals surface area contributed by atoms with Crippen LogP contribution in [0.3, 0.4) is 0 Å². The molecule has 5 heteroatoms. The summed E-state index contributed by atoms with van der Waals surface area (Å²) in [5, 5.41) is 11.5. The molecule has 2 fully saturated rings. The van der Waals surface area contributed by atoms with E-state index < -0.39 is 0 Å². The zero-order chi connectivity index (χ0) is 15.7. The minimum absolute atomic E-state index is 0.0311. The van der Waals surface area contributed by atoms with Crippen LogP contribution in [0.4, 0.5) is 0 Å². The van der Waals surface area contributed by atoms with Crippen molar-refractivity contribution in [2.45, 2.75) is 64.7 Å². The quantitative estimate of drug-likeness (QED) is 0.904. The zero-order valence-electron chi connectivity index (χ0n) is 13.9. The molecule has 2 heterocycles. The molecule has 22 heavy (non-hydrogen) atoms. The second-order valence-corrected chi connectivity index (χ2v) is 8.17. The van der Waals surface area contributed by atoms with Gasteiger partial charge in [0.05, 0.1) is 17.2 Å². The number of hydrogen-bond donors (Lipinski definition) is 1. The van der Waals surface area contributed by atoms with E-state index in [9.17, 15) is 5.11 Å². The van der Waals surface area contributed by atoms with E-state index >= 15 is 0 Å². The SMILES string of the molecule is CCOC1CC(O)C12CCN(Cc1cnc(C(C)C)s1)CC2. The molecule has 1 aliphatic heterocycles. The predicted octanol–water partition coefficient (Wildman–Crippen LogP) is 3.02. The van der Waals surface area contributed by atoms with E-state index in [1.54, 1.807) is 0 Å². The first-order valence-electron chi connectivity index (χ1n) is 8.51. The highest BCUT2D eigenvalue weighted by atomic mass is 32.1. The van der Waals surface area contributed by atoms with Crippen LogP contribution in [0.5, 0.6) is 0 Å². The molecule has 1 spiro atoms. The average Bonchev–Trinajstić information content (AvgIpc) is 2.97. The van der Waals surface area contributed by atoms with Crippen LogP contribution in [0.15, 0.2) is 6.20 Å². The molecule has 2 aliphatic rings. The molecule has 2 atom stereocenters. The molecule has 1 aliphatic carbocycles.